The van der Waals surface area contributed by atoms with Crippen molar-refractivity contribution in [1.29, 1.82) is 0 Å². The molecule has 1 aliphatic carbocycles. The van der Waals surface area contributed by atoms with Crippen LogP contribution in [0.3, 0.4) is 0 Å². The normalized spacial score (nSPS) is 23.8. The molecule has 2 heterocycles. The van der Waals surface area contributed by atoms with E-state index in [0.29, 0.717) is 38.4 Å². The van der Waals surface area contributed by atoms with Crippen molar-refractivity contribution in [2.45, 2.75) is 18.6 Å². The number of carbonyl (C=O) groups excluding carboxylic acids is 1. The van der Waals surface area contributed by atoms with Gasteiger partial charge in [-0.2, -0.15) is 0 Å². The molecule has 1 aliphatic heterocycles. The summed E-state index contributed by atoms with van der Waals surface area (Å²) in [5.41, 5.74) is 2.67. The molecule has 2 aromatic rings. The Morgan fingerprint density at radius 1 is 1.26 bits per heavy atom. The van der Waals surface area contributed by atoms with Gasteiger partial charge in [-0.15, -0.1) is 0 Å². The van der Waals surface area contributed by atoms with Crippen molar-refractivity contribution in [3.8, 4) is 0 Å². The summed E-state index contributed by atoms with van der Waals surface area (Å²) in [4.78, 5) is 18.5. The zero-order chi connectivity index (χ0) is 15.8. The SMILES string of the molecule is O=C(c1cn([C@@H]2c3ccccc3C[C@@H]2O)cn1)N1CCOCC1. The van der Waals surface area contributed by atoms with Crippen LogP contribution in [0.2, 0.25) is 0 Å². The van der Waals surface area contributed by atoms with Crippen molar-refractivity contribution in [3.63, 3.8) is 0 Å². The van der Waals surface area contributed by atoms with E-state index in [0.717, 1.165) is 11.1 Å². The molecular formula is C17H19N3O3. The highest BCUT2D eigenvalue weighted by molar-refractivity contribution is 5.92. The van der Waals surface area contributed by atoms with Crippen molar-refractivity contribution >= 4 is 5.91 Å². The molecule has 6 nitrogen and oxygen atoms in total. The largest absolute Gasteiger partial charge is 0.390 e. The first-order valence-corrected chi connectivity index (χ1v) is 7.90. The Hall–Kier alpha value is -2.18. The molecule has 1 amide bonds. The monoisotopic (exact) mass is 313 g/mol. The molecule has 1 fully saturated rings. The topological polar surface area (TPSA) is 67.6 Å². The summed E-state index contributed by atoms with van der Waals surface area (Å²) in [5, 5.41) is 10.4. The van der Waals surface area contributed by atoms with Crippen LogP contribution in [0, 0.1) is 0 Å². The molecule has 0 unspecified atom stereocenters. The lowest BCUT2D eigenvalue weighted by Gasteiger charge is -2.26. The minimum Gasteiger partial charge on any atom is -0.390 e. The predicted molar refractivity (Wildman–Crippen MR) is 83.2 cm³/mol. The van der Waals surface area contributed by atoms with Crippen LogP contribution in [0.15, 0.2) is 36.8 Å². The number of amides is 1. The quantitative estimate of drug-likeness (QED) is 0.893. The Bertz CT molecular complexity index is 721. The summed E-state index contributed by atoms with van der Waals surface area (Å²) in [6.45, 7) is 2.34. The van der Waals surface area contributed by atoms with E-state index < -0.39 is 6.10 Å². The number of ether oxygens (including phenoxy) is 1. The third-order valence-corrected chi connectivity index (χ3v) is 4.61. The number of fused-ring (bicyclic) bond motifs is 1. The van der Waals surface area contributed by atoms with E-state index in [-0.39, 0.29) is 11.9 Å². The van der Waals surface area contributed by atoms with Gasteiger partial charge in [0.25, 0.3) is 5.91 Å². The van der Waals surface area contributed by atoms with Crippen LogP contribution >= 0.6 is 0 Å². The van der Waals surface area contributed by atoms with Gasteiger partial charge in [0.1, 0.15) is 5.69 Å². The molecule has 1 aromatic heterocycles. The fourth-order valence-corrected chi connectivity index (χ4v) is 3.44. The summed E-state index contributed by atoms with van der Waals surface area (Å²) in [6.07, 6.45) is 3.52. The molecule has 0 spiro atoms. The van der Waals surface area contributed by atoms with Gasteiger partial charge in [0.05, 0.1) is 31.7 Å². The molecular weight excluding hydrogens is 294 g/mol. The molecule has 2 atom stereocenters. The average molecular weight is 313 g/mol. The third-order valence-electron chi connectivity index (χ3n) is 4.61. The van der Waals surface area contributed by atoms with Gasteiger partial charge >= 0.3 is 0 Å². The standard InChI is InChI=1S/C17H19N3O3/c21-15-9-12-3-1-2-4-13(12)16(15)20-10-14(18-11-20)17(22)19-5-7-23-8-6-19/h1-4,10-11,15-16,21H,5-9H2/t15-,16+/m0/s1. The van der Waals surface area contributed by atoms with Crippen molar-refractivity contribution in [2.24, 2.45) is 0 Å². The van der Waals surface area contributed by atoms with Crippen LogP contribution in [0.4, 0.5) is 0 Å². The van der Waals surface area contributed by atoms with Crippen LogP contribution in [0.1, 0.15) is 27.7 Å². The number of carbonyl (C=O) groups is 1. The highest BCUT2D eigenvalue weighted by Crippen LogP contribution is 2.34. The molecule has 1 saturated heterocycles. The number of hydrogen-bond donors (Lipinski definition) is 1. The summed E-state index contributed by atoms with van der Waals surface area (Å²) < 4.78 is 7.12. The van der Waals surface area contributed by atoms with Gasteiger partial charge in [-0.1, -0.05) is 24.3 Å². The lowest BCUT2D eigenvalue weighted by atomic mass is 10.1. The molecule has 0 bridgehead atoms. The highest BCUT2D eigenvalue weighted by Gasteiger charge is 2.32. The molecule has 1 aromatic carbocycles. The van der Waals surface area contributed by atoms with Gasteiger partial charge in [-0.05, 0) is 11.1 Å². The van der Waals surface area contributed by atoms with E-state index in [1.807, 2.05) is 28.8 Å². The van der Waals surface area contributed by atoms with E-state index in [4.69, 9.17) is 4.74 Å². The number of aromatic nitrogens is 2. The number of benzene rings is 1. The van der Waals surface area contributed by atoms with Crippen LogP contribution in [-0.4, -0.2) is 57.9 Å². The maximum Gasteiger partial charge on any atom is 0.274 e. The third kappa shape index (κ3) is 2.54. The van der Waals surface area contributed by atoms with Crippen molar-refractivity contribution < 1.29 is 14.6 Å². The lowest BCUT2D eigenvalue weighted by Crippen LogP contribution is -2.40. The molecule has 6 heteroatoms. The Balaban J connectivity index is 1.59. The number of nitrogens with zero attached hydrogens (tertiary/aromatic N) is 3. The fourth-order valence-electron chi connectivity index (χ4n) is 3.44. The number of aliphatic hydroxyl groups excluding tert-OH is 1. The van der Waals surface area contributed by atoms with E-state index in [1.165, 1.54) is 0 Å². The van der Waals surface area contributed by atoms with Crippen LogP contribution in [0.5, 0.6) is 0 Å². The van der Waals surface area contributed by atoms with Gasteiger partial charge < -0.3 is 19.3 Å². The molecule has 1 N–H and O–H groups in total. The minimum absolute atomic E-state index is 0.0761. The average Bonchev–Trinajstić information content (AvgIpc) is 3.18. The second-order valence-electron chi connectivity index (χ2n) is 6.03. The summed E-state index contributed by atoms with van der Waals surface area (Å²) >= 11 is 0. The fraction of sp³-hybridized carbons (Fsp3) is 0.412. The molecule has 2 aliphatic rings. The number of hydrogen-bond acceptors (Lipinski definition) is 4. The Labute approximate surface area is 134 Å². The first-order valence-electron chi connectivity index (χ1n) is 7.90. The lowest BCUT2D eigenvalue weighted by molar-refractivity contribution is 0.0299. The maximum atomic E-state index is 12.5. The Morgan fingerprint density at radius 2 is 2.04 bits per heavy atom. The van der Waals surface area contributed by atoms with E-state index in [2.05, 4.69) is 4.98 Å². The summed E-state index contributed by atoms with van der Waals surface area (Å²) in [7, 11) is 0. The molecule has 4 rings (SSSR count). The van der Waals surface area contributed by atoms with E-state index in [1.54, 1.807) is 17.4 Å². The minimum atomic E-state index is -0.493. The first kappa shape index (κ1) is 14.4. The smallest absolute Gasteiger partial charge is 0.274 e. The first-order chi connectivity index (χ1) is 11.2. The van der Waals surface area contributed by atoms with Gasteiger partial charge in [-0.25, -0.2) is 4.98 Å². The predicted octanol–water partition coefficient (Wildman–Crippen LogP) is 0.862. The number of rotatable bonds is 2. The van der Waals surface area contributed by atoms with Gasteiger partial charge in [0.2, 0.25) is 0 Å². The second kappa shape index (κ2) is 5.79. The van der Waals surface area contributed by atoms with E-state index in [9.17, 15) is 9.90 Å². The van der Waals surface area contributed by atoms with Crippen LogP contribution < -0.4 is 0 Å². The van der Waals surface area contributed by atoms with Gasteiger partial charge in [0, 0.05) is 25.7 Å². The Morgan fingerprint density at radius 3 is 2.87 bits per heavy atom. The molecule has 120 valence electrons. The summed E-state index contributed by atoms with van der Waals surface area (Å²) in [6, 6.07) is 7.84. The molecule has 0 radical (unpaired) electrons. The number of imidazole rings is 1. The Kier molecular flexibility index (Phi) is 3.63. The van der Waals surface area contributed by atoms with Gasteiger partial charge in [0.15, 0.2) is 0 Å². The second-order valence-corrected chi connectivity index (χ2v) is 6.03. The number of aliphatic hydroxyl groups is 1. The summed E-state index contributed by atoms with van der Waals surface area (Å²) in [5.74, 6) is -0.0761. The molecule has 23 heavy (non-hydrogen) atoms. The van der Waals surface area contributed by atoms with Crippen LogP contribution in [0.25, 0.3) is 0 Å². The highest BCUT2D eigenvalue weighted by atomic mass is 16.5. The van der Waals surface area contributed by atoms with Crippen molar-refractivity contribution in [2.75, 3.05) is 26.3 Å². The van der Waals surface area contributed by atoms with Crippen molar-refractivity contribution in [3.05, 3.63) is 53.6 Å². The van der Waals surface area contributed by atoms with E-state index >= 15 is 0 Å². The zero-order valence-electron chi connectivity index (χ0n) is 12.8. The zero-order valence-corrected chi connectivity index (χ0v) is 12.8. The maximum absolute atomic E-state index is 12.5. The van der Waals surface area contributed by atoms with Crippen LogP contribution in [-0.2, 0) is 11.2 Å². The van der Waals surface area contributed by atoms with Gasteiger partial charge in [-0.3, -0.25) is 4.79 Å². The van der Waals surface area contributed by atoms with Crippen molar-refractivity contribution in [1.82, 2.24) is 14.5 Å². The number of morpholine rings is 1. The molecule has 0 saturated carbocycles.